The molecule has 5 heteroatoms. The zero-order chi connectivity index (χ0) is 12.3. The van der Waals surface area contributed by atoms with Gasteiger partial charge < -0.3 is 0 Å². The Balaban J connectivity index is 2.03. The number of nitrogens with one attached hydrogen (secondary N) is 1. The molecule has 1 aliphatic rings. The summed E-state index contributed by atoms with van der Waals surface area (Å²) in [6, 6.07) is 6.90. The molecule has 1 aromatic rings. The van der Waals surface area contributed by atoms with Gasteiger partial charge in [-0.25, -0.2) is 13.1 Å². The Labute approximate surface area is 107 Å². The topological polar surface area (TPSA) is 46.2 Å². The minimum atomic E-state index is -3.33. The van der Waals surface area contributed by atoms with Gasteiger partial charge in [0.1, 0.15) is 0 Å². The van der Waals surface area contributed by atoms with E-state index in [1.54, 1.807) is 12.1 Å². The molecule has 17 heavy (non-hydrogen) atoms. The Kier molecular flexibility index (Phi) is 4.07. The van der Waals surface area contributed by atoms with Crippen LogP contribution in [0.25, 0.3) is 0 Å². The SMILES string of the molecule is O=S(=O)(NCC1CC1)c1ccc(CCCl)cc1. The highest BCUT2D eigenvalue weighted by molar-refractivity contribution is 7.89. The first-order valence-electron chi connectivity index (χ1n) is 5.76. The fourth-order valence-corrected chi connectivity index (χ4v) is 2.91. The first kappa shape index (κ1) is 12.9. The van der Waals surface area contributed by atoms with Crippen LogP contribution in [0.1, 0.15) is 18.4 Å². The maximum absolute atomic E-state index is 11.9. The molecule has 0 radical (unpaired) electrons. The smallest absolute Gasteiger partial charge is 0.211 e. The number of rotatable bonds is 6. The van der Waals surface area contributed by atoms with Gasteiger partial charge in [0, 0.05) is 12.4 Å². The summed E-state index contributed by atoms with van der Waals surface area (Å²) in [5.41, 5.74) is 1.06. The number of aryl methyl sites for hydroxylation is 1. The van der Waals surface area contributed by atoms with E-state index in [-0.39, 0.29) is 0 Å². The van der Waals surface area contributed by atoms with Crippen LogP contribution < -0.4 is 4.72 Å². The van der Waals surface area contributed by atoms with Crippen molar-refractivity contribution >= 4 is 21.6 Å². The average molecular weight is 274 g/mol. The molecule has 1 aliphatic carbocycles. The van der Waals surface area contributed by atoms with E-state index in [2.05, 4.69) is 4.72 Å². The number of halogens is 1. The number of hydrogen-bond acceptors (Lipinski definition) is 2. The molecular weight excluding hydrogens is 258 g/mol. The lowest BCUT2D eigenvalue weighted by Gasteiger charge is -2.06. The molecule has 94 valence electrons. The van der Waals surface area contributed by atoms with E-state index in [4.69, 9.17) is 11.6 Å². The zero-order valence-corrected chi connectivity index (χ0v) is 11.1. The Morgan fingerprint density at radius 2 is 1.88 bits per heavy atom. The predicted octanol–water partition coefficient (Wildman–Crippen LogP) is 2.16. The van der Waals surface area contributed by atoms with Gasteiger partial charge in [0.05, 0.1) is 4.90 Å². The average Bonchev–Trinajstić information content (AvgIpc) is 3.12. The van der Waals surface area contributed by atoms with Crippen LogP contribution in [0.4, 0.5) is 0 Å². The molecule has 2 rings (SSSR count). The summed E-state index contributed by atoms with van der Waals surface area (Å²) in [6.07, 6.45) is 3.03. The number of benzene rings is 1. The summed E-state index contributed by atoms with van der Waals surface area (Å²) >= 11 is 5.63. The number of hydrogen-bond donors (Lipinski definition) is 1. The summed E-state index contributed by atoms with van der Waals surface area (Å²) in [4.78, 5) is 0.330. The second-order valence-electron chi connectivity index (χ2n) is 4.38. The standard InChI is InChI=1S/C12H16ClNO2S/c13-8-7-10-3-5-12(6-4-10)17(15,16)14-9-11-1-2-11/h3-6,11,14H,1-2,7-9H2. The lowest BCUT2D eigenvalue weighted by molar-refractivity contribution is 0.577. The first-order valence-corrected chi connectivity index (χ1v) is 7.78. The van der Waals surface area contributed by atoms with Crippen molar-refractivity contribution in [3.05, 3.63) is 29.8 Å². The van der Waals surface area contributed by atoms with Crippen molar-refractivity contribution in [3.8, 4) is 0 Å². The largest absolute Gasteiger partial charge is 0.240 e. The third-order valence-electron chi connectivity index (χ3n) is 2.88. The van der Waals surface area contributed by atoms with Crippen LogP contribution in [0.3, 0.4) is 0 Å². The predicted molar refractivity (Wildman–Crippen MR) is 68.8 cm³/mol. The molecule has 1 saturated carbocycles. The Morgan fingerprint density at radius 1 is 1.24 bits per heavy atom. The highest BCUT2D eigenvalue weighted by atomic mass is 35.5. The number of alkyl halides is 1. The van der Waals surface area contributed by atoms with Crippen LogP contribution in [0.15, 0.2) is 29.2 Å². The van der Waals surface area contributed by atoms with Crippen molar-refractivity contribution < 1.29 is 8.42 Å². The van der Waals surface area contributed by atoms with Crippen molar-refractivity contribution in [1.29, 1.82) is 0 Å². The van der Waals surface area contributed by atoms with Crippen LogP contribution in [-0.2, 0) is 16.4 Å². The van der Waals surface area contributed by atoms with Gasteiger partial charge in [-0.05, 0) is 42.9 Å². The molecule has 0 amide bonds. The minimum absolute atomic E-state index is 0.330. The zero-order valence-electron chi connectivity index (χ0n) is 9.52. The van der Waals surface area contributed by atoms with Crippen molar-refractivity contribution in [2.45, 2.75) is 24.2 Å². The molecule has 0 atom stereocenters. The quantitative estimate of drug-likeness (QED) is 0.808. The second kappa shape index (κ2) is 5.38. The van der Waals surface area contributed by atoms with Gasteiger partial charge in [-0.1, -0.05) is 12.1 Å². The van der Waals surface area contributed by atoms with E-state index in [0.717, 1.165) is 24.8 Å². The van der Waals surface area contributed by atoms with E-state index in [0.29, 0.717) is 23.2 Å². The molecule has 0 aliphatic heterocycles. The summed E-state index contributed by atoms with van der Waals surface area (Å²) in [5, 5.41) is 0. The molecule has 0 unspecified atom stereocenters. The van der Waals surface area contributed by atoms with Gasteiger partial charge in [-0.2, -0.15) is 0 Å². The lowest BCUT2D eigenvalue weighted by Crippen LogP contribution is -2.25. The van der Waals surface area contributed by atoms with Crippen LogP contribution in [0, 0.1) is 5.92 Å². The van der Waals surface area contributed by atoms with Crippen LogP contribution in [-0.4, -0.2) is 20.8 Å². The van der Waals surface area contributed by atoms with Crippen LogP contribution in [0.2, 0.25) is 0 Å². The molecule has 1 fully saturated rings. The van der Waals surface area contributed by atoms with E-state index < -0.39 is 10.0 Å². The van der Waals surface area contributed by atoms with Crippen molar-refractivity contribution in [1.82, 2.24) is 4.72 Å². The molecule has 1 aromatic carbocycles. The molecule has 0 bridgehead atoms. The fourth-order valence-electron chi connectivity index (χ4n) is 1.58. The molecule has 3 nitrogen and oxygen atoms in total. The Morgan fingerprint density at radius 3 is 2.41 bits per heavy atom. The van der Waals surface area contributed by atoms with Crippen molar-refractivity contribution in [2.75, 3.05) is 12.4 Å². The number of sulfonamides is 1. The molecule has 0 saturated heterocycles. The summed E-state index contributed by atoms with van der Waals surface area (Å²) < 4.78 is 26.4. The van der Waals surface area contributed by atoms with Crippen molar-refractivity contribution in [3.63, 3.8) is 0 Å². The van der Waals surface area contributed by atoms with Crippen molar-refractivity contribution in [2.24, 2.45) is 5.92 Å². The Bertz CT molecular complexity index is 466. The lowest BCUT2D eigenvalue weighted by atomic mass is 10.2. The third-order valence-corrected chi connectivity index (χ3v) is 4.50. The van der Waals surface area contributed by atoms with Gasteiger partial charge in [0.25, 0.3) is 0 Å². The van der Waals surface area contributed by atoms with E-state index in [1.807, 2.05) is 12.1 Å². The third kappa shape index (κ3) is 3.69. The van der Waals surface area contributed by atoms with E-state index in [9.17, 15) is 8.42 Å². The van der Waals surface area contributed by atoms with Gasteiger partial charge in [-0.3, -0.25) is 0 Å². The molecule has 0 heterocycles. The van der Waals surface area contributed by atoms with Crippen LogP contribution >= 0.6 is 11.6 Å². The van der Waals surface area contributed by atoms with Gasteiger partial charge in [0.15, 0.2) is 0 Å². The molecule has 0 spiro atoms. The monoisotopic (exact) mass is 273 g/mol. The maximum atomic E-state index is 11.9. The van der Waals surface area contributed by atoms with Gasteiger partial charge in [-0.15, -0.1) is 11.6 Å². The summed E-state index contributed by atoms with van der Waals surface area (Å²) in [5.74, 6) is 1.09. The molecule has 1 N–H and O–H groups in total. The van der Waals surface area contributed by atoms with Gasteiger partial charge >= 0.3 is 0 Å². The highest BCUT2D eigenvalue weighted by Crippen LogP contribution is 2.28. The molecular formula is C12H16ClNO2S. The van der Waals surface area contributed by atoms with Crippen LogP contribution in [0.5, 0.6) is 0 Å². The van der Waals surface area contributed by atoms with Gasteiger partial charge in [0.2, 0.25) is 10.0 Å². The first-order chi connectivity index (χ1) is 8.12. The highest BCUT2D eigenvalue weighted by Gasteiger charge is 2.24. The normalized spacial score (nSPS) is 16.1. The Hall–Kier alpha value is -0.580. The minimum Gasteiger partial charge on any atom is -0.211 e. The van der Waals surface area contributed by atoms with E-state index in [1.165, 1.54) is 0 Å². The maximum Gasteiger partial charge on any atom is 0.240 e. The molecule has 0 aromatic heterocycles. The fraction of sp³-hybridized carbons (Fsp3) is 0.500. The summed E-state index contributed by atoms with van der Waals surface area (Å²) in [6.45, 7) is 0.561. The summed E-state index contributed by atoms with van der Waals surface area (Å²) in [7, 11) is -3.33. The van der Waals surface area contributed by atoms with E-state index >= 15 is 0 Å². The second-order valence-corrected chi connectivity index (χ2v) is 6.52.